The molecule has 76 valence electrons. The van der Waals surface area contributed by atoms with Crippen molar-refractivity contribution in [3.63, 3.8) is 0 Å². The molecule has 0 aromatic rings. The summed E-state index contributed by atoms with van der Waals surface area (Å²) in [6.45, 7) is 14.4. The maximum absolute atomic E-state index is 9.00. The fourth-order valence-electron chi connectivity index (χ4n) is 0.489. The second-order valence-electron chi connectivity index (χ2n) is 3.04. The predicted octanol–water partition coefficient (Wildman–Crippen LogP) is 1.82. The van der Waals surface area contributed by atoms with Gasteiger partial charge in [-0.1, -0.05) is 24.3 Å². The van der Waals surface area contributed by atoms with Crippen LogP contribution in [0.4, 0.5) is 0 Å². The highest BCUT2D eigenvalue weighted by molar-refractivity contribution is 5.62. The molecule has 3 nitrogen and oxygen atoms in total. The lowest BCUT2D eigenvalue weighted by Gasteiger charge is -2.01. The van der Waals surface area contributed by atoms with E-state index in [0.717, 1.165) is 31.2 Å². The first-order valence-corrected chi connectivity index (χ1v) is 4.05. The van der Waals surface area contributed by atoms with E-state index in [1.54, 1.807) is 0 Å². The molecule has 0 rings (SSSR count). The first-order chi connectivity index (χ1) is 5.86. The van der Waals surface area contributed by atoms with Gasteiger partial charge in [-0.25, -0.2) is 0 Å². The lowest BCUT2D eigenvalue weighted by atomic mass is 10.3. The Morgan fingerprint density at radius 2 is 1.38 bits per heavy atom. The Morgan fingerprint density at radius 3 is 1.54 bits per heavy atom. The Kier molecular flexibility index (Phi) is 10.00. The van der Waals surface area contributed by atoms with E-state index in [4.69, 9.17) is 9.90 Å². The average molecular weight is 185 g/mol. The summed E-state index contributed by atoms with van der Waals surface area (Å²) in [6.07, 6.45) is 0. The van der Waals surface area contributed by atoms with Crippen LogP contribution < -0.4 is 5.32 Å². The largest absolute Gasteiger partial charge is 0.481 e. The van der Waals surface area contributed by atoms with Crippen molar-refractivity contribution in [2.24, 2.45) is 0 Å². The minimum Gasteiger partial charge on any atom is -0.481 e. The Labute approximate surface area is 80.2 Å². The van der Waals surface area contributed by atoms with Crippen LogP contribution in [0.2, 0.25) is 0 Å². The number of carboxylic acids is 1. The summed E-state index contributed by atoms with van der Waals surface area (Å²) in [5.41, 5.74) is 2.33. The lowest BCUT2D eigenvalue weighted by molar-refractivity contribution is -0.134. The predicted molar refractivity (Wildman–Crippen MR) is 55.8 cm³/mol. The van der Waals surface area contributed by atoms with Crippen LogP contribution in [0.15, 0.2) is 24.3 Å². The third kappa shape index (κ3) is 35.9. The molecule has 0 spiro atoms. The molecule has 2 N–H and O–H groups in total. The zero-order chi connectivity index (χ0) is 10.9. The number of carbonyl (C=O) groups is 1. The summed E-state index contributed by atoms with van der Waals surface area (Å²) >= 11 is 0. The van der Waals surface area contributed by atoms with Crippen molar-refractivity contribution in [3.05, 3.63) is 24.3 Å². The Hall–Kier alpha value is -1.09. The van der Waals surface area contributed by atoms with E-state index < -0.39 is 5.97 Å². The van der Waals surface area contributed by atoms with Gasteiger partial charge in [-0.05, 0) is 13.8 Å². The summed E-state index contributed by atoms with van der Waals surface area (Å²) < 4.78 is 0. The normalized spacial score (nSPS) is 8.23. The van der Waals surface area contributed by atoms with E-state index in [0.29, 0.717) is 0 Å². The van der Waals surface area contributed by atoms with Crippen molar-refractivity contribution in [3.8, 4) is 0 Å². The molecule has 0 aromatic heterocycles. The topological polar surface area (TPSA) is 49.3 Å². The number of hydrogen-bond donors (Lipinski definition) is 2. The molecule has 0 aliphatic rings. The minimum atomic E-state index is -0.833. The number of hydrogen-bond acceptors (Lipinski definition) is 2. The van der Waals surface area contributed by atoms with Gasteiger partial charge < -0.3 is 10.4 Å². The molecule has 3 heteroatoms. The van der Waals surface area contributed by atoms with E-state index in [2.05, 4.69) is 18.5 Å². The molecule has 0 saturated carbocycles. The SMILES string of the molecule is C=C(C)CNCC(=C)C.CC(=O)O. The van der Waals surface area contributed by atoms with Crippen LogP contribution in [-0.2, 0) is 4.79 Å². The van der Waals surface area contributed by atoms with E-state index in [1.807, 2.05) is 13.8 Å². The molecule has 0 aliphatic heterocycles. The van der Waals surface area contributed by atoms with Crippen molar-refractivity contribution in [2.75, 3.05) is 13.1 Å². The maximum Gasteiger partial charge on any atom is 0.300 e. The Balaban J connectivity index is 0. The standard InChI is InChI=1S/C8H15N.C2H4O2/c1-7(2)5-9-6-8(3)4;1-2(3)4/h9H,1,3,5-6H2,2,4H3;1H3,(H,3,4). The molecule has 0 fully saturated rings. The van der Waals surface area contributed by atoms with E-state index >= 15 is 0 Å². The lowest BCUT2D eigenvalue weighted by Crippen LogP contribution is -2.17. The smallest absolute Gasteiger partial charge is 0.300 e. The van der Waals surface area contributed by atoms with E-state index in [9.17, 15) is 0 Å². The van der Waals surface area contributed by atoms with Gasteiger partial charge in [-0.2, -0.15) is 0 Å². The Morgan fingerprint density at radius 1 is 1.15 bits per heavy atom. The molecule has 0 saturated heterocycles. The van der Waals surface area contributed by atoms with Crippen molar-refractivity contribution in [1.82, 2.24) is 5.32 Å². The van der Waals surface area contributed by atoms with Crippen LogP contribution in [0.25, 0.3) is 0 Å². The van der Waals surface area contributed by atoms with Crippen molar-refractivity contribution in [2.45, 2.75) is 20.8 Å². The first-order valence-electron chi connectivity index (χ1n) is 4.05. The number of rotatable bonds is 4. The fourth-order valence-corrected chi connectivity index (χ4v) is 0.489. The monoisotopic (exact) mass is 185 g/mol. The summed E-state index contributed by atoms with van der Waals surface area (Å²) in [4.78, 5) is 9.00. The van der Waals surface area contributed by atoms with Crippen LogP contribution >= 0.6 is 0 Å². The number of aliphatic carboxylic acids is 1. The third-order valence-electron chi connectivity index (χ3n) is 0.854. The van der Waals surface area contributed by atoms with Crippen molar-refractivity contribution >= 4 is 5.97 Å². The molecule has 0 unspecified atom stereocenters. The second kappa shape index (κ2) is 9.00. The van der Waals surface area contributed by atoms with Gasteiger partial charge in [0.25, 0.3) is 5.97 Å². The summed E-state index contributed by atoms with van der Waals surface area (Å²) in [5.74, 6) is -0.833. The fraction of sp³-hybridized carbons (Fsp3) is 0.500. The van der Waals surface area contributed by atoms with Crippen LogP contribution in [0.5, 0.6) is 0 Å². The van der Waals surface area contributed by atoms with Gasteiger partial charge >= 0.3 is 0 Å². The molecule has 0 atom stereocenters. The van der Waals surface area contributed by atoms with Gasteiger partial charge in [0, 0.05) is 20.0 Å². The van der Waals surface area contributed by atoms with Crippen LogP contribution in [-0.4, -0.2) is 24.2 Å². The van der Waals surface area contributed by atoms with Crippen LogP contribution in [0, 0.1) is 0 Å². The highest BCUT2D eigenvalue weighted by Crippen LogP contribution is 1.84. The molecular formula is C10H19NO2. The molecular weight excluding hydrogens is 166 g/mol. The molecule has 0 bridgehead atoms. The average Bonchev–Trinajstić information content (AvgIpc) is 1.83. The summed E-state index contributed by atoms with van der Waals surface area (Å²) in [5, 5.41) is 10.6. The van der Waals surface area contributed by atoms with E-state index in [1.165, 1.54) is 0 Å². The Bertz CT molecular complexity index is 167. The second-order valence-corrected chi connectivity index (χ2v) is 3.04. The minimum absolute atomic E-state index is 0.833. The third-order valence-corrected chi connectivity index (χ3v) is 0.854. The zero-order valence-corrected chi connectivity index (χ0v) is 8.68. The highest BCUT2D eigenvalue weighted by atomic mass is 16.4. The molecule has 0 radical (unpaired) electrons. The van der Waals surface area contributed by atoms with Crippen LogP contribution in [0.3, 0.4) is 0 Å². The van der Waals surface area contributed by atoms with Crippen molar-refractivity contribution < 1.29 is 9.90 Å². The summed E-state index contributed by atoms with van der Waals surface area (Å²) in [6, 6.07) is 0. The number of carboxylic acid groups (broad SMARTS) is 1. The number of nitrogens with one attached hydrogen (secondary N) is 1. The van der Waals surface area contributed by atoms with Gasteiger partial charge in [0.1, 0.15) is 0 Å². The molecule has 0 aliphatic carbocycles. The molecule has 0 aromatic carbocycles. The maximum atomic E-state index is 9.00. The van der Waals surface area contributed by atoms with Gasteiger partial charge in [0.15, 0.2) is 0 Å². The molecule has 13 heavy (non-hydrogen) atoms. The quantitative estimate of drug-likeness (QED) is 0.657. The first kappa shape index (κ1) is 14.4. The van der Waals surface area contributed by atoms with Crippen LogP contribution in [0.1, 0.15) is 20.8 Å². The van der Waals surface area contributed by atoms with Gasteiger partial charge in [0.05, 0.1) is 0 Å². The van der Waals surface area contributed by atoms with Gasteiger partial charge in [-0.3, -0.25) is 4.79 Å². The highest BCUT2D eigenvalue weighted by Gasteiger charge is 1.85. The van der Waals surface area contributed by atoms with Gasteiger partial charge in [-0.15, -0.1) is 0 Å². The molecule has 0 heterocycles. The van der Waals surface area contributed by atoms with Crippen molar-refractivity contribution in [1.29, 1.82) is 0 Å². The van der Waals surface area contributed by atoms with E-state index in [-0.39, 0.29) is 0 Å². The zero-order valence-electron chi connectivity index (χ0n) is 8.68. The summed E-state index contributed by atoms with van der Waals surface area (Å²) in [7, 11) is 0. The molecule has 0 amide bonds. The van der Waals surface area contributed by atoms with Gasteiger partial charge in [0.2, 0.25) is 0 Å².